The summed E-state index contributed by atoms with van der Waals surface area (Å²) in [5.41, 5.74) is 4.26. The molecule has 2 aromatic rings. The number of aromatic nitrogens is 2. The van der Waals surface area contributed by atoms with Gasteiger partial charge in [0.15, 0.2) is 11.4 Å². The summed E-state index contributed by atoms with van der Waals surface area (Å²) in [5, 5.41) is 13.4. The monoisotopic (exact) mass is 512 g/mol. The van der Waals surface area contributed by atoms with Crippen molar-refractivity contribution in [2.24, 2.45) is 0 Å². The SMILES string of the molecule is CC#CC(=O)N1CCC(N2CC(c3cc4c(c(C#N)n3)OCc3c(C5CCOCC5)ccnc3N4)C2)CC1. The number of rotatable bonds is 3. The van der Waals surface area contributed by atoms with Gasteiger partial charge in [0, 0.05) is 68.8 Å². The van der Waals surface area contributed by atoms with Gasteiger partial charge < -0.3 is 19.7 Å². The highest BCUT2D eigenvalue weighted by Crippen LogP contribution is 2.41. The van der Waals surface area contributed by atoms with Gasteiger partial charge >= 0.3 is 0 Å². The van der Waals surface area contributed by atoms with Crippen molar-refractivity contribution in [2.45, 2.75) is 57.1 Å². The minimum atomic E-state index is -0.0729. The summed E-state index contributed by atoms with van der Waals surface area (Å²) in [6, 6.07) is 6.83. The Labute approximate surface area is 223 Å². The number of fused-ring (bicyclic) bond motifs is 2. The van der Waals surface area contributed by atoms with Crippen molar-refractivity contribution in [1.29, 1.82) is 5.26 Å². The number of amides is 1. The smallest absolute Gasteiger partial charge is 0.298 e. The summed E-state index contributed by atoms with van der Waals surface area (Å²) in [4.78, 5) is 25.7. The molecule has 38 heavy (non-hydrogen) atoms. The highest BCUT2D eigenvalue weighted by Gasteiger charge is 2.37. The first-order valence-corrected chi connectivity index (χ1v) is 13.5. The molecule has 0 aromatic carbocycles. The molecule has 6 rings (SSSR count). The number of piperidine rings is 1. The molecule has 1 N–H and O–H groups in total. The van der Waals surface area contributed by atoms with Gasteiger partial charge in [-0.1, -0.05) is 5.92 Å². The van der Waals surface area contributed by atoms with Crippen LogP contribution in [0.1, 0.15) is 67.0 Å². The fraction of sp³-hybridized carbons (Fsp3) is 0.517. The third-order valence-electron chi connectivity index (χ3n) is 8.29. The van der Waals surface area contributed by atoms with Crippen molar-refractivity contribution in [2.75, 3.05) is 44.7 Å². The zero-order valence-corrected chi connectivity index (χ0v) is 21.7. The Bertz CT molecular complexity index is 1320. The van der Waals surface area contributed by atoms with E-state index in [-0.39, 0.29) is 11.8 Å². The normalized spacial score (nSPS) is 20.4. The standard InChI is InChI=1S/C29H32N6O3/c1-2-3-27(36)34-10-5-21(6-11-34)35-16-20(17-35)24-14-25-28(26(15-30)32-24)38-18-23-22(4-9-31-29(23)33-25)19-7-12-37-13-8-19/h4,9,14,19-21H,5-8,10-13,16-18H2,1H3,(H,31,33). The molecule has 0 unspecified atom stereocenters. The zero-order chi connectivity index (χ0) is 26.1. The Morgan fingerprint density at radius 1 is 1.16 bits per heavy atom. The van der Waals surface area contributed by atoms with Gasteiger partial charge in [-0.2, -0.15) is 5.26 Å². The fourth-order valence-corrected chi connectivity index (χ4v) is 6.12. The van der Waals surface area contributed by atoms with Crippen molar-refractivity contribution in [3.63, 3.8) is 0 Å². The molecule has 0 spiro atoms. The Morgan fingerprint density at radius 2 is 1.95 bits per heavy atom. The second kappa shape index (κ2) is 10.6. The number of anilines is 2. The molecule has 3 saturated heterocycles. The third-order valence-corrected chi connectivity index (χ3v) is 8.29. The molecule has 3 fully saturated rings. The first-order chi connectivity index (χ1) is 18.6. The van der Waals surface area contributed by atoms with Gasteiger partial charge in [-0.05, 0) is 62.1 Å². The van der Waals surface area contributed by atoms with E-state index in [4.69, 9.17) is 14.5 Å². The summed E-state index contributed by atoms with van der Waals surface area (Å²) in [6.45, 7) is 6.88. The van der Waals surface area contributed by atoms with Gasteiger partial charge in [0.1, 0.15) is 18.5 Å². The largest absolute Gasteiger partial charge is 0.483 e. The van der Waals surface area contributed by atoms with Crippen LogP contribution >= 0.6 is 0 Å². The van der Waals surface area contributed by atoms with Gasteiger partial charge in [0.25, 0.3) is 5.91 Å². The number of hydrogen-bond acceptors (Lipinski definition) is 8. The number of carbonyl (C=O) groups is 1. The second-order valence-corrected chi connectivity index (χ2v) is 10.5. The summed E-state index contributed by atoms with van der Waals surface area (Å²) in [5.74, 6) is 7.23. The van der Waals surface area contributed by atoms with Gasteiger partial charge in [-0.25, -0.2) is 9.97 Å². The van der Waals surface area contributed by atoms with E-state index in [0.717, 1.165) is 87.8 Å². The molecule has 2 aromatic heterocycles. The minimum absolute atomic E-state index is 0.0729. The number of ether oxygens (including phenoxy) is 2. The van der Waals surface area contributed by atoms with Crippen LogP contribution < -0.4 is 10.1 Å². The van der Waals surface area contributed by atoms with E-state index in [9.17, 15) is 10.1 Å². The predicted octanol–water partition coefficient (Wildman–Crippen LogP) is 3.29. The Balaban J connectivity index is 1.16. The Morgan fingerprint density at radius 3 is 2.68 bits per heavy atom. The number of hydrogen-bond donors (Lipinski definition) is 1. The molecule has 1 amide bonds. The van der Waals surface area contributed by atoms with Gasteiger partial charge in [-0.15, -0.1) is 0 Å². The number of nitrogens with zero attached hydrogens (tertiary/aromatic N) is 5. The molecule has 196 valence electrons. The van der Waals surface area contributed by atoms with Gasteiger partial charge in [0.2, 0.25) is 0 Å². The van der Waals surface area contributed by atoms with E-state index in [2.05, 4.69) is 39.2 Å². The summed E-state index contributed by atoms with van der Waals surface area (Å²) in [7, 11) is 0. The number of pyridine rings is 2. The van der Waals surface area contributed by atoms with E-state index >= 15 is 0 Å². The molecule has 6 heterocycles. The number of carbonyl (C=O) groups excluding carboxylic acids is 1. The molecule has 0 bridgehead atoms. The molecule has 0 aliphatic carbocycles. The van der Waals surface area contributed by atoms with Crippen LogP contribution in [0.5, 0.6) is 5.75 Å². The Kier molecular flexibility index (Phi) is 6.88. The molecule has 9 heteroatoms. The van der Waals surface area contributed by atoms with Crippen LogP contribution in [0.25, 0.3) is 0 Å². The maximum Gasteiger partial charge on any atom is 0.298 e. The molecule has 0 radical (unpaired) electrons. The van der Waals surface area contributed by atoms with E-state index in [0.29, 0.717) is 30.0 Å². The lowest BCUT2D eigenvalue weighted by Crippen LogP contribution is -2.54. The van der Waals surface area contributed by atoms with E-state index in [1.165, 1.54) is 5.56 Å². The van der Waals surface area contributed by atoms with Crippen LogP contribution in [0.15, 0.2) is 18.3 Å². The van der Waals surface area contributed by atoms with Crippen molar-refractivity contribution in [3.8, 4) is 23.7 Å². The van der Waals surface area contributed by atoms with E-state index in [1.807, 2.05) is 17.2 Å². The van der Waals surface area contributed by atoms with Gasteiger partial charge in [0.05, 0.1) is 5.69 Å². The average Bonchev–Trinajstić information content (AvgIpc) is 3.12. The third kappa shape index (κ3) is 4.69. The predicted molar refractivity (Wildman–Crippen MR) is 141 cm³/mol. The molecule has 0 atom stereocenters. The van der Waals surface area contributed by atoms with Crippen molar-refractivity contribution in [3.05, 3.63) is 40.8 Å². The summed E-state index contributed by atoms with van der Waals surface area (Å²) in [6.07, 6.45) is 5.74. The lowest BCUT2D eigenvalue weighted by Gasteiger charge is -2.46. The first-order valence-electron chi connectivity index (χ1n) is 13.5. The molecular weight excluding hydrogens is 480 g/mol. The number of likely N-dealkylation sites (tertiary alicyclic amines) is 2. The van der Waals surface area contributed by atoms with Crippen LogP contribution in [0.3, 0.4) is 0 Å². The quantitative estimate of drug-likeness (QED) is 0.625. The second-order valence-electron chi connectivity index (χ2n) is 10.5. The van der Waals surface area contributed by atoms with Crippen molar-refractivity contribution in [1.82, 2.24) is 19.8 Å². The summed E-state index contributed by atoms with van der Waals surface area (Å²) >= 11 is 0. The molecule has 0 saturated carbocycles. The zero-order valence-electron chi connectivity index (χ0n) is 21.7. The average molecular weight is 513 g/mol. The first kappa shape index (κ1) is 24.7. The summed E-state index contributed by atoms with van der Waals surface area (Å²) < 4.78 is 11.8. The van der Waals surface area contributed by atoms with Crippen molar-refractivity contribution >= 4 is 17.4 Å². The maximum absolute atomic E-state index is 12.1. The highest BCUT2D eigenvalue weighted by molar-refractivity contribution is 5.93. The van der Waals surface area contributed by atoms with Crippen LogP contribution in [0, 0.1) is 23.2 Å². The Hall–Kier alpha value is -3.66. The van der Waals surface area contributed by atoms with Crippen molar-refractivity contribution < 1.29 is 14.3 Å². The molecular formula is C29H32N6O3. The molecule has 4 aliphatic rings. The van der Waals surface area contributed by atoms with E-state index < -0.39 is 0 Å². The molecule has 9 nitrogen and oxygen atoms in total. The lowest BCUT2D eigenvalue weighted by atomic mass is 9.89. The van der Waals surface area contributed by atoms with Crippen LogP contribution in [0.4, 0.5) is 11.5 Å². The number of nitrogens with one attached hydrogen (secondary N) is 1. The van der Waals surface area contributed by atoms with Crippen LogP contribution in [-0.4, -0.2) is 71.1 Å². The lowest BCUT2D eigenvalue weighted by molar-refractivity contribution is -0.126. The minimum Gasteiger partial charge on any atom is -0.483 e. The van der Waals surface area contributed by atoms with Crippen LogP contribution in [-0.2, 0) is 16.1 Å². The van der Waals surface area contributed by atoms with Gasteiger partial charge in [-0.3, -0.25) is 9.69 Å². The number of nitriles is 1. The molecule has 4 aliphatic heterocycles. The fourth-order valence-electron chi connectivity index (χ4n) is 6.12. The maximum atomic E-state index is 12.1. The van der Waals surface area contributed by atoms with Crippen LogP contribution in [0.2, 0.25) is 0 Å². The van der Waals surface area contributed by atoms with E-state index in [1.54, 1.807) is 6.92 Å². The topological polar surface area (TPSA) is 104 Å². The highest BCUT2D eigenvalue weighted by atomic mass is 16.5.